The van der Waals surface area contributed by atoms with Gasteiger partial charge in [0, 0.05) is 23.5 Å². The number of aliphatic hydroxyl groups is 1. The molecule has 0 saturated heterocycles. The molecule has 2 heterocycles. The second kappa shape index (κ2) is 7.13. The van der Waals surface area contributed by atoms with Crippen molar-refractivity contribution in [1.82, 2.24) is 15.2 Å². The average Bonchev–Trinajstić information content (AvgIpc) is 2.98. The first-order valence-corrected chi connectivity index (χ1v) is 8.61. The summed E-state index contributed by atoms with van der Waals surface area (Å²) in [5, 5.41) is 20.7. The molecule has 0 atom stereocenters. The van der Waals surface area contributed by atoms with Crippen LogP contribution in [-0.4, -0.2) is 31.8 Å². The van der Waals surface area contributed by atoms with Crippen LogP contribution in [0, 0.1) is 0 Å². The SMILES string of the molecule is CCc1c(NC(=O)CC2(O)CCCCC2)n[nH]c1-c1ccncc1. The summed E-state index contributed by atoms with van der Waals surface area (Å²) in [6, 6.07) is 3.81. The van der Waals surface area contributed by atoms with Crippen LogP contribution in [0.5, 0.6) is 0 Å². The third-order valence-electron chi connectivity index (χ3n) is 4.72. The Morgan fingerprint density at radius 1 is 1.29 bits per heavy atom. The number of rotatable bonds is 5. The van der Waals surface area contributed by atoms with Crippen molar-refractivity contribution in [3.05, 3.63) is 30.1 Å². The summed E-state index contributed by atoms with van der Waals surface area (Å²) in [5.74, 6) is 0.371. The van der Waals surface area contributed by atoms with Gasteiger partial charge in [0.25, 0.3) is 0 Å². The number of nitrogens with one attached hydrogen (secondary N) is 2. The van der Waals surface area contributed by atoms with Gasteiger partial charge in [0.2, 0.25) is 5.91 Å². The maximum absolute atomic E-state index is 12.4. The minimum atomic E-state index is -0.862. The topological polar surface area (TPSA) is 90.9 Å². The molecule has 128 valence electrons. The first-order valence-electron chi connectivity index (χ1n) is 8.61. The fraction of sp³-hybridized carbons (Fsp3) is 0.500. The zero-order valence-corrected chi connectivity index (χ0v) is 14.0. The fourth-order valence-corrected chi connectivity index (χ4v) is 3.43. The van der Waals surface area contributed by atoms with Crippen molar-refractivity contribution in [3.63, 3.8) is 0 Å². The fourth-order valence-electron chi connectivity index (χ4n) is 3.43. The highest BCUT2D eigenvalue weighted by atomic mass is 16.3. The molecule has 1 aliphatic rings. The van der Waals surface area contributed by atoms with Crippen molar-refractivity contribution < 1.29 is 9.90 Å². The molecule has 1 aliphatic carbocycles. The lowest BCUT2D eigenvalue weighted by Crippen LogP contribution is -2.36. The Kier molecular flexibility index (Phi) is 4.94. The van der Waals surface area contributed by atoms with Crippen LogP contribution in [0.1, 0.15) is 51.0 Å². The van der Waals surface area contributed by atoms with Crippen LogP contribution in [0.2, 0.25) is 0 Å². The van der Waals surface area contributed by atoms with Crippen LogP contribution < -0.4 is 5.32 Å². The van der Waals surface area contributed by atoms with Crippen LogP contribution >= 0.6 is 0 Å². The van der Waals surface area contributed by atoms with E-state index in [0.717, 1.165) is 42.5 Å². The van der Waals surface area contributed by atoms with Crippen LogP contribution in [-0.2, 0) is 11.2 Å². The third kappa shape index (κ3) is 3.64. The van der Waals surface area contributed by atoms with E-state index in [1.807, 2.05) is 19.1 Å². The minimum absolute atomic E-state index is 0.133. The molecule has 0 bridgehead atoms. The molecular weight excluding hydrogens is 304 g/mol. The number of hydrogen-bond donors (Lipinski definition) is 3. The highest BCUT2D eigenvalue weighted by molar-refractivity contribution is 5.92. The Labute approximate surface area is 141 Å². The van der Waals surface area contributed by atoms with Gasteiger partial charge in [-0.1, -0.05) is 26.2 Å². The van der Waals surface area contributed by atoms with Crippen LogP contribution in [0.25, 0.3) is 11.3 Å². The molecule has 1 amide bonds. The Bertz CT molecular complexity index is 690. The standard InChI is InChI=1S/C18H24N4O2/c1-2-14-16(13-6-10-19-11-7-13)21-22-17(14)20-15(23)12-18(24)8-4-3-5-9-18/h6-7,10-11,24H,2-5,8-9,12H2,1H3,(H2,20,21,22,23). The van der Waals surface area contributed by atoms with Crippen molar-refractivity contribution in [2.24, 2.45) is 0 Å². The van der Waals surface area contributed by atoms with E-state index in [4.69, 9.17) is 0 Å². The molecule has 0 aliphatic heterocycles. The number of carbonyl (C=O) groups excluding carboxylic acids is 1. The molecule has 0 aromatic carbocycles. The number of nitrogens with zero attached hydrogens (tertiary/aromatic N) is 2. The lowest BCUT2D eigenvalue weighted by molar-refractivity contribution is -0.122. The minimum Gasteiger partial charge on any atom is -0.389 e. The quantitative estimate of drug-likeness (QED) is 0.786. The van der Waals surface area contributed by atoms with E-state index in [9.17, 15) is 9.90 Å². The Balaban J connectivity index is 1.73. The van der Waals surface area contributed by atoms with Gasteiger partial charge < -0.3 is 10.4 Å². The molecule has 24 heavy (non-hydrogen) atoms. The number of carbonyl (C=O) groups is 1. The van der Waals surface area contributed by atoms with Crippen molar-refractivity contribution in [1.29, 1.82) is 0 Å². The second-order valence-corrected chi connectivity index (χ2v) is 6.53. The van der Waals surface area contributed by atoms with Crippen LogP contribution in [0.4, 0.5) is 5.82 Å². The molecule has 0 spiro atoms. The highest BCUT2D eigenvalue weighted by Crippen LogP contribution is 2.32. The largest absolute Gasteiger partial charge is 0.389 e. The van der Waals surface area contributed by atoms with E-state index in [1.54, 1.807) is 12.4 Å². The van der Waals surface area contributed by atoms with Crippen molar-refractivity contribution in [2.75, 3.05) is 5.32 Å². The summed E-state index contributed by atoms with van der Waals surface area (Å²) in [7, 11) is 0. The maximum Gasteiger partial charge on any atom is 0.228 e. The van der Waals surface area contributed by atoms with Gasteiger partial charge >= 0.3 is 0 Å². The molecule has 2 aromatic rings. The summed E-state index contributed by atoms with van der Waals surface area (Å²) in [4.78, 5) is 16.4. The third-order valence-corrected chi connectivity index (χ3v) is 4.72. The van der Waals surface area contributed by atoms with Gasteiger partial charge in [0.05, 0.1) is 17.7 Å². The molecule has 3 N–H and O–H groups in total. The van der Waals surface area contributed by atoms with Gasteiger partial charge in [-0.3, -0.25) is 14.9 Å². The Morgan fingerprint density at radius 3 is 2.67 bits per heavy atom. The van der Waals surface area contributed by atoms with E-state index in [0.29, 0.717) is 18.7 Å². The molecule has 1 saturated carbocycles. The first-order chi connectivity index (χ1) is 11.6. The van der Waals surface area contributed by atoms with Crippen molar-refractivity contribution in [3.8, 4) is 11.3 Å². The van der Waals surface area contributed by atoms with Crippen LogP contribution in [0.15, 0.2) is 24.5 Å². The summed E-state index contributed by atoms with van der Waals surface area (Å²) >= 11 is 0. The van der Waals surface area contributed by atoms with Crippen molar-refractivity contribution in [2.45, 2.75) is 57.5 Å². The number of amides is 1. The molecule has 6 heteroatoms. The summed E-state index contributed by atoms with van der Waals surface area (Å²) in [6.45, 7) is 2.03. The van der Waals surface area contributed by atoms with Crippen molar-refractivity contribution >= 4 is 11.7 Å². The Hall–Kier alpha value is -2.21. The smallest absolute Gasteiger partial charge is 0.228 e. The zero-order chi connectivity index (χ0) is 17.0. The summed E-state index contributed by atoms with van der Waals surface area (Å²) < 4.78 is 0. The number of aromatic nitrogens is 3. The normalized spacial score (nSPS) is 16.8. The molecule has 0 radical (unpaired) electrons. The number of hydrogen-bond acceptors (Lipinski definition) is 4. The number of pyridine rings is 1. The number of H-pyrrole nitrogens is 1. The van der Waals surface area contributed by atoms with E-state index in [-0.39, 0.29) is 12.3 Å². The van der Waals surface area contributed by atoms with Gasteiger partial charge in [0.15, 0.2) is 5.82 Å². The maximum atomic E-state index is 12.4. The molecule has 1 fully saturated rings. The lowest BCUT2D eigenvalue weighted by atomic mass is 9.82. The van der Waals surface area contributed by atoms with Gasteiger partial charge in [-0.05, 0) is 31.4 Å². The summed E-state index contributed by atoms with van der Waals surface area (Å²) in [5.41, 5.74) is 1.98. The van der Waals surface area contributed by atoms with Crippen LogP contribution in [0.3, 0.4) is 0 Å². The molecular formula is C18H24N4O2. The zero-order valence-electron chi connectivity index (χ0n) is 14.0. The molecule has 2 aromatic heterocycles. The average molecular weight is 328 g/mol. The van der Waals surface area contributed by atoms with E-state index in [1.165, 1.54) is 0 Å². The predicted octanol–water partition coefficient (Wildman–Crippen LogP) is 3.06. The van der Waals surface area contributed by atoms with E-state index >= 15 is 0 Å². The predicted molar refractivity (Wildman–Crippen MR) is 92.5 cm³/mol. The first kappa shape index (κ1) is 16.6. The molecule has 6 nitrogen and oxygen atoms in total. The number of aromatic amines is 1. The van der Waals surface area contributed by atoms with Gasteiger partial charge in [-0.25, -0.2) is 0 Å². The Morgan fingerprint density at radius 2 is 2.00 bits per heavy atom. The monoisotopic (exact) mass is 328 g/mol. The van der Waals surface area contributed by atoms with E-state index < -0.39 is 5.60 Å². The van der Waals surface area contributed by atoms with Gasteiger partial charge in [0.1, 0.15) is 0 Å². The number of anilines is 1. The highest BCUT2D eigenvalue weighted by Gasteiger charge is 2.32. The summed E-state index contributed by atoms with van der Waals surface area (Å²) in [6.07, 6.45) is 8.84. The van der Waals surface area contributed by atoms with Gasteiger partial charge in [-0.2, -0.15) is 5.10 Å². The molecule has 0 unspecified atom stereocenters. The second-order valence-electron chi connectivity index (χ2n) is 6.53. The van der Waals surface area contributed by atoms with Gasteiger partial charge in [-0.15, -0.1) is 0 Å². The lowest BCUT2D eigenvalue weighted by Gasteiger charge is -2.31. The molecule has 3 rings (SSSR count). The van der Waals surface area contributed by atoms with E-state index in [2.05, 4.69) is 20.5 Å².